The second-order valence-electron chi connectivity index (χ2n) is 10.8. The van der Waals surface area contributed by atoms with Crippen LogP contribution in [0.2, 0.25) is 5.04 Å². The summed E-state index contributed by atoms with van der Waals surface area (Å²) >= 11 is -1.28. The number of benzene rings is 2. The quantitative estimate of drug-likeness (QED) is 0.464. The maximum atomic E-state index is 13.0. The summed E-state index contributed by atoms with van der Waals surface area (Å²) in [7, 11) is -2.72. The predicted molar refractivity (Wildman–Crippen MR) is 136 cm³/mol. The largest absolute Gasteiger partial charge is 0.598 e. The Bertz CT molecular complexity index is 889. The van der Waals surface area contributed by atoms with E-state index in [1.54, 1.807) is 0 Å². The van der Waals surface area contributed by atoms with Crippen LogP contribution in [0.25, 0.3) is 0 Å². The molecule has 6 heteroatoms. The molecule has 0 aromatic heterocycles. The van der Waals surface area contributed by atoms with Gasteiger partial charge in [-0.2, -0.15) is 5.26 Å². The van der Waals surface area contributed by atoms with E-state index in [1.807, 2.05) is 32.9 Å². The number of rotatable bonds is 8. The number of nitriles is 1. The smallest absolute Gasteiger partial charge is 0.261 e. The second-order valence-corrected chi connectivity index (χ2v) is 17.1. The van der Waals surface area contributed by atoms with Gasteiger partial charge in [0.1, 0.15) is 4.75 Å². The Morgan fingerprint density at radius 2 is 1.47 bits per heavy atom. The highest BCUT2D eigenvalue weighted by molar-refractivity contribution is 7.90. The minimum absolute atomic E-state index is 0.146. The monoisotopic (exact) mass is 468 g/mol. The molecule has 0 radical (unpaired) electrons. The molecule has 0 spiro atoms. The van der Waals surface area contributed by atoms with Crippen molar-refractivity contribution >= 4 is 30.1 Å². The summed E-state index contributed by atoms with van der Waals surface area (Å²) in [6.07, 6.45) is 1.62. The summed E-state index contributed by atoms with van der Waals surface area (Å²) in [5, 5.41) is 12.2. The first-order chi connectivity index (χ1) is 15.0. The first kappa shape index (κ1) is 25.0. The maximum absolute atomic E-state index is 13.0. The molecule has 1 aliphatic carbocycles. The van der Waals surface area contributed by atoms with Gasteiger partial charge < -0.3 is 8.98 Å². The van der Waals surface area contributed by atoms with Crippen LogP contribution in [-0.4, -0.2) is 30.3 Å². The van der Waals surface area contributed by atoms with E-state index >= 15 is 0 Å². The lowest BCUT2D eigenvalue weighted by Crippen LogP contribution is -2.67. The van der Waals surface area contributed by atoms with E-state index in [0.717, 1.165) is 12.8 Å². The van der Waals surface area contributed by atoms with E-state index < -0.39 is 29.8 Å². The lowest BCUT2D eigenvalue weighted by molar-refractivity contribution is 0.232. The van der Waals surface area contributed by atoms with Crippen LogP contribution in [0.3, 0.4) is 0 Å². The Morgan fingerprint density at radius 1 is 1.00 bits per heavy atom. The van der Waals surface area contributed by atoms with Gasteiger partial charge in [-0.15, -0.1) is 4.72 Å². The van der Waals surface area contributed by atoms with Crippen LogP contribution in [0.1, 0.15) is 54.4 Å². The molecule has 2 aromatic rings. The lowest BCUT2D eigenvalue weighted by atomic mass is 10.0. The Morgan fingerprint density at radius 3 is 1.81 bits per heavy atom. The number of nitrogens with zero attached hydrogens (tertiary/aromatic N) is 1. The molecule has 2 atom stereocenters. The topological polar surface area (TPSA) is 68.1 Å². The van der Waals surface area contributed by atoms with Crippen LogP contribution >= 0.6 is 0 Å². The molecular formula is C26H36N2O2SSi. The van der Waals surface area contributed by atoms with Crippen molar-refractivity contribution in [2.45, 2.75) is 70.2 Å². The summed E-state index contributed by atoms with van der Waals surface area (Å²) in [5.41, 5.74) is -0.508. The van der Waals surface area contributed by atoms with Gasteiger partial charge in [0.25, 0.3) is 8.32 Å². The molecule has 1 N–H and O–H groups in total. The molecule has 0 aliphatic heterocycles. The van der Waals surface area contributed by atoms with Crippen molar-refractivity contribution in [3.05, 3.63) is 60.7 Å². The molecular weight excluding hydrogens is 432 g/mol. The van der Waals surface area contributed by atoms with E-state index in [2.05, 4.69) is 80.1 Å². The zero-order valence-corrected chi connectivity index (χ0v) is 22.0. The van der Waals surface area contributed by atoms with Gasteiger partial charge in [0.15, 0.2) is 0 Å². The average molecular weight is 469 g/mol. The normalized spacial score (nSPS) is 17.9. The van der Waals surface area contributed by atoms with Gasteiger partial charge in [-0.05, 0) is 49.0 Å². The molecule has 0 bridgehead atoms. The standard InChI is InChI=1S/C26H36N2O2SSi/c1-24(2,3)31(29)28-23(26(20-27)17-18-26)19-30-32(25(4,5)6,21-13-9-7-10-14-21)22-15-11-8-12-16-22/h7-16,23,28H,17-19H2,1-6H3/t23-,31?/m0/s1. The van der Waals surface area contributed by atoms with E-state index in [4.69, 9.17) is 4.43 Å². The Kier molecular flexibility index (Phi) is 7.28. The Balaban J connectivity index is 2.03. The third kappa shape index (κ3) is 4.98. The summed E-state index contributed by atoms with van der Waals surface area (Å²) in [6, 6.07) is 23.2. The van der Waals surface area contributed by atoms with E-state index in [0.29, 0.717) is 6.61 Å². The van der Waals surface area contributed by atoms with Gasteiger partial charge in [-0.25, -0.2) is 0 Å². The van der Waals surface area contributed by atoms with Gasteiger partial charge in [-0.3, -0.25) is 0 Å². The van der Waals surface area contributed by atoms with Crippen LogP contribution < -0.4 is 15.1 Å². The third-order valence-electron chi connectivity index (χ3n) is 6.37. The summed E-state index contributed by atoms with van der Waals surface area (Å²) in [4.78, 5) is 0. The summed E-state index contributed by atoms with van der Waals surface area (Å²) < 4.78 is 22.9. The van der Waals surface area contributed by atoms with Crippen molar-refractivity contribution in [3.8, 4) is 6.07 Å². The molecule has 172 valence electrons. The highest BCUT2D eigenvalue weighted by Gasteiger charge is 2.56. The van der Waals surface area contributed by atoms with Crippen molar-refractivity contribution in [1.82, 2.24) is 4.72 Å². The first-order valence-corrected chi connectivity index (χ1v) is 14.4. The number of hydrogen-bond acceptors (Lipinski definition) is 4. The Hall–Kier alpha value is -1.62. The molecule has 1 aliphatic rings. The van der Waals surface area contributed by atoms with Gasteiger partial charge in [0.05, 0.1) is 24.1 Å². The van der Waals surface area contributed by atoms with Crippen LogP contribution in [0.5, 0.6) is 0 Å². The van der Waals surface area contributed by atoms with Crippen LogP contribution in [0, 0.1) is 16.7 Å². The number of hydrogen-bond donors (Lipinski definition) is 1. The van der Waals surface area contributed by atoms with Gasteiger partial charge >= 0.3 is 0 Å². The molecule has 1 fully saturated rings. The van der Waals surface area contributed by atoms with Crippen molar-refractivity contribution < 1.29 is 8.98 Å². The fraction of sp³-hybridized carbons (Fsp3) is 0.500. The van der Waals surface area contributed by atoms with Crippen LogP contribution in [-0.2, 0) is 15.8 Å². The molecule has 4 nitrogen and oxygen atoms in total. The van der Waals surface area contributed by atoms with Gasteiger partial charge in [0, 0.05) is 11.4 Å². The van der Waals surface area contributed by atoms with Crippen molar-refractivity contribution in [2.24, 2.45) is 5.41 Å². The molecule has 1 saturated carbocycles. The van der Waals surface area contributed by atoms with Gasteiger partial charge in [0.2, 0.25) is 0 Å². The highest BCUT2D eigenvalue weighted by Crippen LogP contribution is 2.49. The lowest BCUT2D eigenvalue weighted by Gasteiger charge is -2.44. The Labute approximate surface area is 197 Å². The molecule has 2 aromatic carbocycles. The molecule has 0 amide bonds. The SMILES string of the molecule is CC(C)(C)[S+]([O-])N[C@@H](CO[Si](c1ccccc1)(c1ccccc1)C(C)(C)C)C1(C#N)CC1. The fourth-order valence-corrected chi connectivity index (χ4v) is 9.73. The maximum Gasteiger partial charge on any atom is 0.261 e. The molecule has 0 heterocycles. The second kappa shape index (κ2) is 9.32. The van der Waals surface area contributed by atoms with Gasteiger partial charge in [-0.1, -0.05) is 81.4 Å². The molecule has 32 heavy (non-hydrogen) atoms. The third-order valence-corrected chi connectivity index (χ3v) is 13.0. The predicted octanol–water partition coefficient (Wildman–Crippen LogP) is 4.29. The molecule has 0 saturated heterocycles. The van der Waals surface area contributed by atoms with Crippen molar-refractivity contribution in [3.63, 3.8) is 0 Å². The van der Waals surface area contributed by atoms with Crippen molar-refractivity contribution in [2.75, 3.05) is 6.61 Å². The summed E-state index contributed by atoms with van der Waals surface area (Å²) in [6.45, 7) is 12.9. The fourth-order valence-electron chi connectivity index (χ4n) is 4.26. The minimum Gasteiger partial charge on any atom is -0.598 e. The minimum atomic E-state index is -2.72. The zero-order chi connectivity index (χ0) is 23.6. The van der Waals surface area contributed by atoms with E-state index in [9.17, 15) is 9.81 Å². The molecule has 3 rings (SSSR count). The van der Waals surface area contributed by atoms with E-state index in [-0.39, 0.29) is 11.1 Å². The summed E-state index contributed by atoms with van der Waals surface area (Å²) in [5.74, 6) is 0. The van der Waals surface area contributed by atoms with E-state index in [1.165, 1.54) is 10.4 Å². The first-order valence-electron chi connectivity index (χ1n) is 11.3. The zero-order valence-electron chi connectivity index (χ0n) is 20.1. The highest BCUT2D eigenvalue weighted by atomic mass is 32.2. The number of nitrogens with one attached hydrogen (secondary N) is 1. The molecule has 1 unspecified atom stereocenters. The van der Waals surface area contributed by atoms with Crippen LogP contribution in [0.4, 0.5) is 0 Å². The van der Waals surface area contributed by atoms with Crippen molar-refractivity contribution in [1.29, 1.82) is 5.26 Å². The average Bonchev–Trinajstić information content (AvgIpc) is 3.54. The van der Waals surface area contributed by atoms with Crippen LogP contribution in [0.15, 0.2) is 60.7 Å².